The van der Waals surface area contributed by atoms with Crippen molar-refractivity contribution in [3.05, 3.63) is 60.4 Å². The van der Waals surface area contributed by atoms with Gasteiger partial charge in [-0.1, -0.05) is 30.3 Å². The highest BCUT2D eigenvalue weighted by molar-refractivity contribution is 8.00. The van der Waals surface area contributed by atoms with Crippen LogP contribution in [0.3, 0.4) is 0 Å². The van der Waals surface area contributed by atoms with E-state index in [1.54, 1.807) is 11.8 Å². The lowest BCUT2D eigenvalue weighted by molar-refractivity contribution is -0.131. The Kier molecular flexibility index (Phi) is 4.98. The van der Waals surface area contributed by atoms with Crippen LogP contribution in [0, 0.1) is 0 Å². The Morgan fingerprint density at radius 2 is 1.96 bits per heavy atom. The second-order valence-electron chi connectivity index (χ2n) is 6.84. The minimum atomic E-state index is -0.0770. The first-order chi connectivity index (χ1) is 12.7. The summed E-state index contributed by atoms with van der Waals surface area (Å²) in [6.45, 7) is 3.60. The zero-order chi connectivity index (χ0) is 17.9. The van der Waals surface area contributed by atoms with Gasteiger partial charge in [-0.15, -0.1) is 11.8 Å². The van der Waals surface area contributed by atoms with Crippen LogP contribution < -0.4 is 0 Å². The average Bonchev–Trinajstić information content (AvgIpc) is 3.12. The van der Waals surface area contributed by atoms with Gasteiger partial charge in [-0.25, -0.2) is 4.98 Å². The molecule has 134 valence electrons. The number of hydrogen-bond acceptors (Lipinski definition) is 3. The lowest BCUT2D eigenvalue weighted by Gasteiger charge is -2.33. The third-order valence-corrected chi connectivity index (χ3v) is 6.03. The third kappa shape index (κ3) is 3.63. The molecule has 1 fully saturated rings. The number of para-hydroxylation sites is 2. The highest BCUT2D eigenvalue weighted by Crippen LogP contribution is 2.29. The number of rotatable bonds is 4. The Hall–Kier alpha value is -2.27. The van der Waals surface area contributed by atoms with Crippen molar-refractivity contribution in [2.24, 2.45) is 0 Å². The standard InChI is InChI=1S/C21H23N3OS/c1-15(26-17-9-3-2-4-10-17)21(25)24-13-7-8-16(14-24)20-22-18-11-5-6-12-19(18)23-20/h2-6,9-12,15-16H,7-8,13-14H2,1H3,(H,22,23)/t15-,16+/m1/s1. The normalized spacial score (nSPS) is 18.8. The lowest BCUT2D eigenvalue weighted by atomic mass is 9.97. The van der Waals surface area contributed by atoms with Gasteiger partial charge in [-0.05, 0) is 44.0 Å². The SMILES string of the molecule is C[C@@H](Sc1ccccc1)C(=O)N1CCC[C@H](c2nc3ccccc3[nH]2)C1. The van der Waals surface area contributed by atoms with Crippen LogP contribution in [-0.4, -0.2) is 39.1 Å². The van der Waals surface area contributed by atoms with Crippen molar-refractivity contribution < 1.29 is 4.79 Å². The first-order valence-electron chi connectivity index (χ1n) is 9.16. The maximum Gasteiger partial charge on any atom is 0.235 e. The van der Waals surface area contributed by atoms with Gasteiger partial charge in [0.25, 0.3) is 0 Å². The number of amides is 1. The van der Waals surface area contributed by atoms with Gasteiger partial charge in [-0.3, -0.25) is 4.79 Å². The number of aromatic amines is 1. The van der Waals surface area contributed by atoms with Crippen molar-refractivity contribution >= 4 is 28.7 Å². The molecule has 1 N–H and O–H groups in total. The summed E-state index contributed by atoms with van der Waals surface area (Å²) < 4.78 is 0. The molecule has 2 aromatic carbocycles. The van der Waals surface area contributed by atoms with Gasteiger partial charge in [0.2, 0.25) is 5.91 Å². The number of hydrogen-bond donors (Lipinski definition) is 1. The minimum absolute atomic E-state index is 0.0770. The lowest BCUT2D eigenvalue weighted by Crippen LogP contribution is -2.42. The van der Waals surface area contributed by atoms with E-state index < -0.39 is 0 Å². The average molecular weight is 366 g/mol. The van der Waals surface area contributed by atoms with E-state index in [-0.39, 0.29) is 17.1 Å². The molecule has 2 atom stereocenters. The molecule has 5 heteroatoms. The number of nitrogens with one attached hydrogen (secondary N) is 1. The smallest absolute Gasteiger partial charge is 0.235 e. The van der Waals surface area contributed by atoms with Gasteiger partial charge in [-0.2, -0.15) is 0 Å². The van der Waals surface area contributed by atoms with Crippen molar-refractivity contribution in [1.82, 2.24) is 14.9 Å². The van der Waals surface area contributed by atoms with Gasteiger partial charge < -0.3 is 9.88 Å². The Bertz CT molecular complexity index is 859. The van der Waals surface area contributed by atoms with Crippen LogP contribution in [0.1, 0.15) is 31.5 Å². The topological polar surface area (TPSA) is 49.0 Å². The summed E-state index contributed by atoms with van der Waals surface area (Å²) >= 11 is 1.63. The van der Waals surface area contributed by atoms with Gasteiger partial charge >= 0.3 is 0 Å². The van der Waals surface area contributed by atoms with Crippen molar-refractivity contribution in [2.45, 2.75) is 35.8 Å². The van der Waals surface area contributed by atoms with E-state index >= 15 is 0 Å². The van der Waals surface area contributed by atoms with Crippen LogP contribution >= 0.6 is 11.8 Å². The molecule has 1 aliphatic rings. The fourth-order valence-electron chi connectivity index (χ4n) is 3.58. The second-order valence-corrected chi connectivity index (χ2v) is 8.25. The monoisotopic (exact) mass is 365 g/mol. The summed E-state index contributed by atoms with van der Waals surface area (Å²) in [6.07, 6.45) is 2.10. The molecule has 3 aromatic rings. The number of benzene rings is 2. The number of nitrogens with zero attached hydrogens (tertiary/aromatic N) is 2. The van der Waals surface area contributed by atoms with E-state index in [1.165, 1.54) is 0 Å². The van der Waals surface area contributed by atoms with Crippen molar-refractivity contribution in [3.63, 3.8) is 0 Å². The molecule has 0 bridgehead atoms. The molecule has 4 rings (SSSR count). The van der Waals surface area contributed by atoms with Gasteiger partial charge in [0, 0.05) is 23.9 Å². The van der Waals surface area contributed by atoms with Gasteiger partial charge in [0.15, 0.2) is 0 Å². The zero-order valence-corrected chi connectivity index (χ0v) is 15.7. The van der Waals surface area contributed by atoms with E-state index in [1.807, 2.05) is 48.2 Å². The Morgan fingerprint density at radius 1 is 1.19 bits per heavy atom. The van der Waals surface area contributed by atoms with Crippen LogP contribution in [0.2, 0.25) is 0 Å². The molecule has 26 heavy (non-hydrogen) atoms. The Morgan fingerprint density at radius 3 is 2.77 bits per heavy atom. The first-order valence-corrected chi connectivity index (χ1v) is 10.0. The van der Waals surface area contributed by atoms with Crippen molar-refractivity contribution in [1.29, 1.82) is 0 Å². The number of thioether (sulfide) groups is 1. The number of fused-ring (bicyclic) bond motifs is 1. The highest BCUT2D eigenvalue weighted by atomic mass is 32.2. The van der Waals surface area contributed by atoms with Crippen LogP contribution in [0.4, 0.5) is 0 Å². The molecular formula is C21H23N3OS. The minimum Gasteiger partial charge on any atom is -0.342 e. The van der Waals surface area contributed by atoms with E-state index in [4.69, 9.17) is 4.98 Å². The summed E-state index contributed by atoms with van der Waals surface area (Å²) in [5, 5.41) is -0.0770. The summed E-state index contributed by atoms with van der Waals surface area (Å²) in [6, 6.07) is 18.2. The van der Waals surface area contributed by atoms with Crippen LogP contribution in [-0.2, 0) is 4.79 Å². The molecule has 0 radical (unpaired) electrons. The zero-order valence-electron chi connectivity index (χ0n) is 14.9. The Labute approximate surface area is 158 Å². The quantitative estimate of drug-likeness (QED) is 0.695. The number of aromatic nitrogens is 2. The molecule has 0 unspecified atom stereocenters. The molecule has 0 saturated carbocycles. The van der Waals surface area contributed by atoms with E-state index in [9.17, 15) is 4.79 Å². The number of piperidine rings is 1. The number of likely N-dealkylation sites (tertiary alicyclic amines) is 1. The number of imidazole rings is 1. The molecule has 0 aliphatic carbocycles. The van der Waals surface area contributed by atoms with Gasteiger partial charge in [0.05, 0.1) is 16.3 Å². The van der Waals surface area contributed by atoms with Crippen LogP contribution in [0.15, 0.2) is 59.5 Å². The van der Waals surface area contributed by atoms with E-state index in [0.29, 0.717) is 0 Å². The molecule has 2 heterocycles. The maximum atomic E-state index is 12.9. The van der Waals surface area contributed by atoms with Crippen molar-refractivity contribution in [2.75, 3.05) is 13.1 Å². The predicted molar refractivity (Wildman–Crippen MR) is 106 cm³/mol. The largest absolute Gasteiger partial charge is 0.342 e. The summed E-state index contributed by atoms with van der Waals surface area (Å²) in [5.74, 6) is 1.51. The third-order valence-electron chi connectivity index (χ3n) is 4.93. The predicted octanol–water partition coefficient (Wildman–Crippen LogP) is 4.45. The van der Waals surface area contributed by atoms with Crippen LogP contribution in [0.25, 0.3) is 11.0 Å². The fourth-order valence-corrected chi connectivity index (χ4v) is 4.55. The van der Waals surface area contributed by atoms with Gasteiger partial charge in [0.1, 0.15) is 5.82 Å². The molecule has 0 spiro atoms. The molecule has 1 amide bonds. The van der Waals surface area contributed by atoms with Crippen LogP contribution in [0.5, 0.6) is 0 Å². The molecule has 4 nitrogen and oxygen atoms in total. The molecule has 1 saturated heterocycles. The summed E-state index contributed by atoms with van der Waals surface area (Å²) in [5.41, 5.74) is 2.07. The maximum absolute atomic E-state index is 12.9. The highest BCUT2D eigenvalue weighted by Gasteiger charge is 2.29. The number of H-pyrrole nitrogens is 1. The molecule has 1 aliphatic heterocycles. The number of carbonyl (C=O) groups is 1. The number of carbonyl (C=O) groups excluding carboxylic acids is 1. The summed E-state index contributed by atoms with van der Waals surface area (Å²) in [4.78, 5) is 24.3. The van der Waals surface area contributed by atoms with Crippen molar-refractivity contribution in [3.8, 4) is 0 Å². The molecular weight excluding hydrogens is 342 g/mol. The summed E-state index contributed by atoms with van der Waals surface area (Å²) in [7, 11) is 0. The first kappa shape index (κ1) is 17.2. The fraction of sp³-hybridized carbons (Fsp3) is 0.333. The van der Waals surface area contributed by atoms with E-state index in [0.717, 1.165) is 47.7 Å². The molecule has 1 aromatic heterocycles. The Balaban J connectivity index is 1.44. The second kappa shape index (κ2) is 7.54. The van der Waals surface area contributed by atoms with E-state index in [2.05, 4.69) is 23.2 Å².